The molecule has 1 saturated carbocycles. The summed E-state index contributed by atoms with van der Waals surface area (Å²) in [6, 6.07) is 6.68. The van der Waals surface area contributed by atoms with Crippen LogP contribution in [0.15, 0.2) is 24.3 Å². The molecule has 1 aliphatic heterocycles. The first-order valence-corrected chi connectivity index (χ1v) is 7.53. The molecule has 1 N–H and O–H groups in total. The summed E-state index contributed by atoms with van der Waals surface area (Å²) in [6.07, 6.45) is 6.31. The number of halogens is 1. The van der Waals surface area contributed by atoms with Crippen molar-refractivity contribution in [2.75, 3.05) is 13.1 Å². The van der Waals surface area contributed by atoms with Crippen molar-refractivity contribution in [1.82, 2.24) is 10.2 Å². The molecule has 2 fully saturated rings. The van der Waals surface area contributed by atoms with E-state index in [1.165, 1.54) is 49.9 Å². The molecule has 3 rings (SSSR count). The fourth-order valence-electron chi connectivity index (χ4n) is 3.38. The Morgan fingerprint density at radius 1 is 1.15 bits per heavy atom. The summed E-state index contributed by atoms with van der Waals surface area (Å²) < 4.78 is 12.8. The van der Waals surface area contributed by atoms with Crippen molar-refractivity contribution in [3.63, 3.8) is 0 Å². The second-order valence-electron chi connectivity index (χ2n) is 5.90. The maximum atomic E-state index is 12.8. The number of rotatable bonds is 3. The lowest BCUT2D eigenvalue weighted by Gasteiger charge is -2.23. The van der Waals surface area contributed by atoms with Crippen molar-refractivity contribution >= 4 is 5.91 Å². The summed E-state index contributed by atoms with van der Waals surface area (Å²) in [5.41, 5.74) is 0.533. The molecule has 1 aromatic carbocycles. The molecule has 1 saturated heterocycles. The van der Waals surface area contributed by atoms with Crippen molar-refractivity contribution in [2.24, 2.45) is 0 Å². The van der Waals surface area contributed by atoms with Gasteiger partial charge in [-0.25, -0.2) is 4.39 Å². The number of benzene rings is 1. The average Bonchev–Trinajstić information content (AvgIpc) is 3.09. The highest BCUT2D eigenvalue weighted by atomic mass is 19.1. The molecule has 1 heterocycles. The van der Waals surface area contributed by atoms with E-state index in [2.05, 4.69) is 10.2 Å². The number of nitrogens with zero attached hydrogens (tertiary/aromatic N) is 1. The zero-order chi connectivity index (χ0) is 13.9. The minimum Gasteiger partial charge on any atom is -0.348 e. The van der Waals surface area contributed by atoms with E-state index in [0.717, 1.165) is 25.6 Å². The van der Waals surface area contributed by atoms with Gasteiger partial charge in [-0.3, -0.25) is 9.69 Å². The first-order valence-electron chi connectivity index (χ1n) is 7.53. The average molecular weight is 276 g/mol. The summed E-state index contributed by atoms with van der Waals surface area (Å²) in [5, 5.41) is 3.07. The number of hydrogen-bond donors (Lipinski definition) is 1. The normalized spacial score (nSPS) is 24.1. The van der Waals surface area contributed by atoms with E-state index in [4.69, 9.17) is 0 Å². The Labute approximate surface area is 119 Å². The summed E-state index contributed by atoms with van der Waals surface area (Å²) in [6.45, 7) is 2.04. The number of likely N-dealkylation sites (tertiary alicyclic amines) is 1. The van der Waals surface area contributed by atoms with Gasteiger partial charge in [-0.15, -0.1) is 0 Å². The molecule has 1 atom stereocenters. The molecule has 1 aromatic rings. The molecule has 0 spiro atoms. The van der Waals surface area contributed by atoms with E-state index in [1.807, 2.05) is 0 Å². The van der Waals surface area contributed by atoms with Gasteiger partial charge in [0.05, 0.1) is 0 Å². The van der Waals surface area contributed by atoms with Gasteiger partial charge in [-0.2, -0.15) is 0 Å². The highest BCUT2D eigenvalue weighted by molar-refractivity contribution is 5.94. The largest absolute Gasteiger partial charge is 0.348 e. The topological polar surface area (TPSA) is 32.3 Å². The monoisotopic (exact) mass is 276 g/mol. The van der Waals surface area contributed by atoms with E-state index in [0.29, 0.717) is 5.56 Å². The molecule has 108 valence electrons. The maximum absolute atomic E-state index is 12.8. The third-order valence-electron chi connectivity index (χ3n) is 4.50. The van der Waals surface area contributed by atoms with E-state index < -0.39 is 0 Å². The minimum absolute atomic E-state index is 0.0942. The van der Waals surface area contributed by atoms with Gasteiger partial charge in [-0.05, 0) is 43.5 Å². The molecule has 0 radical (unpaired) electrons. The van der Waals surface area contributed by atoms with Crippen LogP contribution in [-0.4, -0.2) is 36.0 Å². The van der Waals surface area contributed by atoms with Crippen LogP contribution in [0, 0.1) is 5.82 Å². The van der Waals surface area contributed by atoms with Crippen molar-refractivity contribution in [2.45, 2.75) is 44.2 Å². The van der Waals surface area contributed by atoms with E-state index in [1.54, 1.807) is 0 Å². The van der Waals surface area contributed by atoms with Gasteiger partial charge < -0.3 is 5.32 Å². The van der Waals surface area contributed by atoms with Crippen LogP contribution in [0.3, 0.4) is 0 Å². The highest BCUT2D eigenvalue weighted by Crippen LogP contribution is 2.26. The molecule has 20 heavy (non-hydrogen) atoms. The second kappa shape index (κ2) is 5.92. The lowest BCUT2D eigenvalue weighted by atomic mass is 10.2. The van der Waals surface area contributed by atoms with Gasteiger partial charge in [-0.1, -0.05) is 12.8 Å². The number of nitrogens with one attached hydrogen (secondary N) is 1. The lowest BCUT2D eigenvalue weighted by molar-refractivity contribution is 0.0936. The highest BCUT2D eigenvalue weighted by Gasteiger charge is 2.30. The molecule has 1 amide bonds. The van der Waals surface area contributed by atoms with Gasteiger partial charge in [0.2, 0.25) is 0 Å². The molecule has 0 bridgehead atoms. The number of carbonyl (C=O) groups excluding carboxylic acids is 1. The zero-order valence-corrected chi connectivity index (χ0v) is 11.6. The molecule has 0 aromatic heterocycles. The van der Waals surface area contributed by atoms with Crippen LogP contribution in [0.5, 0.6) is 0 Å². The lowest BCUT2D eigenvalue weighted by Crippen LogP contribution is -2.39. The van der Waals surface area contributed by atoms with Crippen LogP contribution in [-0.2, 0) is 0 Å². The van der Waals surface area contributed by atoms with Gasteiger partial charge in [0.15, 0.2) is 0 Å². The van der Waals surface area contributed by atoms with Crippen LogP contribution in [0.25, 0.3) is 0 Å². The predicted molar refractivity (Wildman–Crippen MR) is 76.1 cm³/mol. The first-order chi connectivity index (χ1) is 9.72. The van der Waals surface area contributed by atoms with E-state index in [9.17, 15) is 9.18 Å². The van der Waals surface area contributed by atoms with E-state index >= 15 is 0 Å². The molecule has 2 aliphatic rings. The van der Waals surface area contributed by atoms with Gasteiger partial charge in [0, 0.05) is 30.7 Å². The van der Waals surface area contributed by atoms with Crippen LogP contribution in [0.4, 0.5) is 4.39 Å². The molecule has 1 aliphatic carbocycles. The van der Waals surface area contributed by atoms with Crippen LogP contribution in [0.1, 0.15) is 42.5 Å². The molecule has 3 nitrogen and oxygen atoms in total. The Bertz CT molecular complexity index is 468. The molecular formula is C16H21FN2O. The van der Waals surface area contributed by atoms with Crippen molar-refractivity contribution in [3.05, 3.63) is 35.6 Å². The first kappa shape index (κ1) is 13.6. The van der Waals surface area contributed by atoms with Gasteiger partial charge in [0.1, 0.15) is 5.82 Å². The number of carbonyl (C=O) groups is 1. The SMILES string of the molecule is O=C(NC1CCN(C2CCCC2)C1)c1ccc(F)cc1. The third-order valence-corrected chi connectivity index (χ3v) is 4.50. The summed E-state index contributed by atoms with van der Waals surface area (Å²) in [5.74, 6) is -0.405. The minimum atomic E-state index is -0.310. The summed E-state index contributed by atoms with van der Waals surface area (Å²) in [4.78, 5) is 14.6. The number of amides is 1. The van der Waals surface area contributed by atoms with Gasteiger partial charge in [0.25, 0.3) is 5.91 Å². The standard InChI is InChI=1S/C16H21FN2O/c17-13-7-5-12(6-8-13)16(20)18-14-9-10-19(11-14)15-3-1-2-4-15/h5-8,14-15H,1-4,9-11H2,(H,18,20). The van der Waals surface area contributed by atoms with Crippen LogP contribution in [0.2, 0.25) is 0 Å². The fourth-order valence-corrected chi connectivity index (χ4v) is 3.38. The Hall–Kier alpha value is -1.42. The second-order valence-corrected chi connectivity index (χ2v) is 5.90. The molecular weight excluding hydrogens is 255 g/mol. The Morgan fingerprint density at radius 3 is 2.55 bits per heavy atom. The maximum Gasteiger partial charge on any atom is 0.251 e. The van der Waals surface area contributed by atoms with Crippen LogP contribution >= 0.6 is 0 Å². The smallest absolute Gasteiger partial charge is 0.251 e. The summed E-state index contributed by atoms with van der Waals surface area (Å²) in [7, 11) is 0. The predicted octanol–water partition coefficient (Wildman–Crippen LogP) is 2.57. The Kier molecular flexibility index (Phi) is 4.01. The quantitative estimate of drug-likeness (QED) is 0.920. The summed E-state index contributed by atoms with van der Waals surface area (Å²) >= 11 is 0. The number of hydrogen-bond acceptors (Lipinski definition) is 2. The van der Waals surface area contributed by atoms with Crippen molar-refractivity contribution < 1.29 is 9.18 Å². The Balaban J connectivity index is 1.53. The van der Waals surface area contributed by atoms with Crippen LogP contribution < -0.4 is 5.32 Å². The Morgan fingerprint density at radius 2 is 1.85 bits per heavy atom. The third kappa shape index (κ3) is 3.01. The van der Waals surface area contributed by atoms with Crippen molar-refractivity contribution in [1.29, 1.82) is 0 Å². The molecule has 1 unspecified atom stereocenters. The van der Waals surface area contributed by atoms with Crippen molar-refractivity contribution in [3.8, 4) is 0 Å². The zero-order valence-electron chi connectivity index (χ0n) is 11.6. The molecule has 4 heteroatoms. The van der Waals surface area contributed by atoms with E-state index in [-0.39, 0.29) is 17.8 Å². The van der Waals surface area contributed by atoms with Gasteiger partial charge >= 0.3 is 0 Å². The fraction of sp³-hybridized carbons (Fsp3) is 0.562.